The number of hydrogen-bond donors (Lipinski definition) is 3. The minimum atomic E-state index is -0.207. The Morgan fingerprint density at radius 1 is 1.00 bits per heavy atom. The van der Waals surface area contributed by atoms with Crippen LogP contribution in [0.25, 0.3) is 0 Å². The van der Waals surface area contributed by atoms with Gasteiger partial charge in [-0.15, -0.1) is 10.2 Å². The zero-order valence-corrected chi connectivity index (χ0v) is 14.6. The molecule has 1 aromatic carbocycles. The molecule has 0 bridgehead atoms. The first-order valence-corrected chi connectivity index (χ1v) is 8.90. The summed E-state index contributed by atoms with van der Waals surface area (Å²) in [4.78, 5) is 12.0. The largest absolute Gasteiger partial charge is 0.365 e. The maximum Gasteiger partial charge on any atom is 0.320 e. The highest BCUT2D eigenvalue weighted by Crippen LogP contribution is 2.17. The topological polar surface area (TPSA) is 78.9 Å². The van der Waals surface area contributed by atoms with E-state index in [9.17, 15) is 4.79 Å². The van der Waals surface area contributed by atoms with Gasteiger partial charge in [0.25, 0.3) is 0 Å². The molecule has 1 aliphatic carbocycles. The van der Waals surface area contributed by atoms with Crippen molar-refractivity contribution in [1.82, 2.24) is 15.5 Å². The van der Waals surface area contributed by atoms with Crippen molar-refractivity contribution in [2.24, 2.45) is 0 Å². The molecule has 25 heavy (non-hydrogen) atoms. The van der Waals surface area contributed by atoms with Gasteiger partial charge >= 0.3 is 6.03 Å². The molecule has 1 heterocycles. The smallest absolute Gasteiger partial charge is 0.320 e. The summed E-state index contributed by atoms with van der Waals surface area (Å²) < 4.78 is 0. The Morgan fingerprint density at radius 3 is 2.36 bits per heavy atom. The molecule has 6 nitrogen and oxygen atoms in total. The van der Waals surface area contributed by atoms with Crippen LogP contribution in [0.3, 0.4) is 0 Å². The monoisotopic (exact) mass is 339 g/mol. The molecule has 1 saturated carbocycles. The zero-order valence-electron chi connectivity index (χ0n) is 14.6. The number of nitrogens with zero attached hydrogens (tertiary/aromatic N) is 2. The lowest BCUT2D eigenvalue weighted by Crippen LogP contribution is -2.39. The third-order valence-electron chi connectivity index (χ3n) is 4.44. The summed E-state index contributed by atoms with van der Waals surface area (Å²) in [6.07, 6.45) is 5.75. The van der Waals surface area contributed by atoms with Crippen LogP contribution in [0.15, 0.2) is 36.4 Å². The molecule has 0 unspecified atom stereocenters. The summed E-state index contributed by atoms with van der Waals surface area (Å²) in [6.45, 7) is 2.75. The third-order valence-corrected chi connectivity index (χ3v) is 4.44. The molecule has 0 aliphatic heterocycles. The molecule has 3 N–H and O–H groups in total. The number of nitrogens with one attached hydrogen (secondary N) is 3. The van der Waals surface area contributed by atoms with Crippen LogP contribution in [-0.2, 0) is 6.54 Å². The number of hydrogen-bond acceptors (Lipinski definition) is 4. The fourth-order valence-corrected chi connectivity index (χ4v) is 2.98. The second-order valence-electron chi connectivity index (χ2n) is 6.58. The minimum Gasteiger partial charge on any atom is -0.365 e. The van der Waals surface area contributed by atoms with E-state index in [4.69, 9.17) is 0 Å². The van der Waals surface area contributed by atoms with Crippen LogP contribution in [0, 0.1) is 6.92 Å². The molecule has 0 radical (unpaired) electrons. The fourth-order valence-electron chi connectivity index (χ4n) is 2.98. The first kappa shape index (κ1) is 17.2. The first-order valence-electron chi connectivity index (χ1n) is 8.90. The average molecular weight is 339 g/mol. The highest BCUT2D eigenvalue weighted by molar-refractivity contribution is 5.88. The summed E-state index contributed by atoms with van der Waals surface area (Å²) in [6, 6.07) is 12.0. The number of urea groups is 1. The second-order valence-corrected chi connectivity index (χ2v) is 6.58. The zero-order chi connectivity index (χ0) is 17.5. The lowest BCUT2D eigenvalue weighted by atomic mass is 9.96. The number of aryl methyl sites for hydroxylation is 1. The van der Waals surface area contributed by atoms with E-state index in [-0.39, 0.29) is 12.1 Å². The fraction of sp³-hybridized carbons (Fsp3) is 0.421. The normalized spacial score (nSPS) is 14.8. The van der Waals surface area contributed by atoms with E-state index in [0.29, 0.717) is 18.2 Å². The van der Waals surface area contributed by atoms with E-state index in [1.165, 1.54) is 30.4 Å². The van der Waals surface area contributed by atoms with Gasteiger partial charge in [0.05, 0.1) is 0 Å². The van der Waals surface area contributed by atoms with Crippen molar-refractivity contribution in [2.45, 2.75) is 51.6 Å². The van der Waals surface area contributed by atoms with E-state index >= 15 is 0 Å². The Morgan fingerprint density at radius 2 is 1.68 bits per heavy atom. The summed E-state index contributed by atoms with van der Waals surface area (Å²) in [7, 11) is 0. The molecular weight excluding hydrogens is 314 g/mol. The minimum absolute atomic E-state index is 0.207. The van der Waals surface area contributed by atoms with Crippen LogP contribution in [-0.4, -0.2) is 22.3 Å². The number of anilines is 2. The molecular formula is C19H25N5O. The van der Waals surface area contributed by atoms with Crippen molar-refractivity contribution >= 4 is 17.7 Å². The molecule has 2 aromatic rings. The van der Waals surface area contributed by atoms with Crippen molar-refractivity contribution in [1.29, 1.82) is 0 Å². The van der Waals surface area contributed by atoms with E-state index in [1.807, 2.05) is 6.07 Å². The Balaban J connectivity index is 1.46. The number of rotatable bonds is 5. The SMILES string of the molecule is Cc1ccc(CNc2ccc(NC(=O)NC3CCCCC3)nn2)cc1. The number of carbonyl (C=O) groups excluding carboxylic acids is 1. The van der Waals surface area contributed by atoms with Gasteiger partial charge in [-0.2, -0.15) is 0 Å². The highest BCUT2D eigenvalue weighted by Gasteiger charge is 2.15. The summed E-state index contributed by atoms with van der Waals surface area (Å²) in [5.41, 5.74) is 2.42. The molecule has 0 saturated heterocycles. The van der Waals surface area contributed by atoms with Crippen molar-refractivity contribution in [2.75, 3.05) is 10.6 Å². The average Bonchev–Trinajstić information content (AvgIpc) is 2.63. The van der Waals surface area contributed by atoms with Crippen LogP contribution < -0.4 is 16.0 Å². The number of aromatic nitrogens is 2. The summed E-state index contributed by atoms with van der Waals surface area (Å²) in [5.74, 6) is 1.13. The van der Waals surface area contributed by atoms with Crippen molar-refractivity contribution in [3.8, 4) is 0 Å². The molecule has 0 spiro atoms. The van der Waals surface area contributed by atoms with Gasteiger partial charge in [-0.3, -0.25) is 5.32 Å². The van der Waals surface area contributed by atoms with Gasteiger partial charge in [-0.25, -0.2) is 4.79 Å². The van der Waals surface area contributed by atoms with Gasteiger partial charge in [0.2, 0.25) is 0 Å². The van der Waals surface area contributed by atoms with Crippen LogP contribution in [0.2, 0.25) is 0 Å². The predicted molar refractivity (Wildman–Crippen MR) is 99.6 cm³/mol. The van der Waals surface area contributed by atoms with Crippen LogP contribution in [0.4, 0.5) is 16.4 Å². The van der Waals surface area contributed by atoms with E-state index < -0.39 is 0 Å². The van der Waals surface area contributed by atoms with Crippen molar-refractivity contribution in [3.05, 3.63) is 47.5 Å². The van der Waals surface area contributed by atoms with Crippen LogP contribution in [0.5, 0.6) is 0 Å². The molecule has 132 valence electrons. The molecule has 1 aromatic heterocycles. The van der Waals surface area contributed by atoms with Gasteiger partial charge in [0, 0.05) is 12.6 Å². The summed E-state index contributed by atoms with van der Waals surface area (Å²) in [5, 5.41) is 17.1. The lowest BCUT2D eigenvalue weighted by Gasteiger charge is -2.22. The maximum absolute atomic E-state index is 12.0. The second kappa shape index (κ2) is 8.46. The Bertz CT molecular complexity index is 678. The van der Waals surface area contributed by atoms with Gasteiger partial charge in [-0.05, 0) is 37.5 Å². The number of carbonyl (C=O) groups is 1. The van der Waals surface area contributed by atoms with Gasteiger partial charge in [-0.1, -0.05) is 49.1 Å². The number of benzene rings is 1. The maximum atomic E-state index is 12.0. The summed E-state index contributed by atoms with van der Waals surface area (Å²) >= 11 is 0. The third kappa shape index (κ3) is 5.45. The van der Waals surface area contributed by atoms with Gasteiger partial charge in [0.1, 0.15) is 5.82 Å². The molecule has 1 fully saturated rings. The Hall–Kier alpha value is -2.63. The molecule has 0 atom stereocenters. The quantitative estimate of drug-likeness (QED) is 0.773. The standard InChI is InChI=1S/C19H25N5O/c1-14-7-9-15(10-8-14)13-20-17-11-12-18(24-23-17)22-19(25)21-16-5-3-2-4-6-16/h7-12,16H,2-6,13H2,1H3,(H,20,23)(H2,21,22,24,25). The van der Waals surface area contributed by atoms with Crippen LogP contribution in [0.1, 0.15) is 43.2 Å². The Kier molecular flexibility index (Phi) is 5.82. The van der Waals surface area contributed by atoms with Gasteiger partial charge in [0.15, 0.2) is 5.82 Å². The van der Waals surface area contributed by atoms with E-state index in [0.717, 1.165) is 12.8 Å². The molecule has 2 amide bonds. The van der Waals surface area contributed by atoms with Crippen molar-refractivity contribution < 1.29 is 4.79 Å². The molecule has 6 heteroatoms. The first-order chi connectivity index (χ1) is 12.2. The van der Waals surface area contributed by atoms with Crippen LogP contribution >= 0.6 is 0 Å². The van der Waals surface area contributed by atoms with E-state index in [2.05, 4.69) is 57.3 Å². The Labute approximate surface area is 148 Å². The highest BCUT2D eigenvalue weighted by atomic mass is 16.2. The lowest BCUT2D eigenvalue weighted by molar-refractivity contribution is 0.244. The predicted octanol–water partition coefficient (Wildman–Crippen LogP) is 3.85. The molecule has 3 rings (SSSR count). The number of amides is 2. The van der Waals surface area contributed by atoms with E-state index in [1.54, 1.807) is 6.07 Å². The van der Waals surface area contributed by atoms with Crippen molar-refractivity contribution in [3.63, 3.8) is 0 Å². The van der Waals surface area contributed by atoms with Gasteiger partial charge < -0.3 is 10.6 Å². The molecule has 1 aliphatic rings.